The smallest absolute Gasteiger partial charge is 0.227 e. The van der Waals surface area contributed by atoms with E-state index in [4.69, 9.17) is 4.74 Å². The summed E-state index contributed by atoms with van der Waals surface area (Å²) in [5.74, 6) is -0.105. The molecule has 6 heteroatoms. The summed E-state index contributed by atoms with van der Waals surface area (Å²) in [6, 6.07) is 6.33. The Bertz CT molecular complexity index is 604. The number of benzene rings is 1. The molecule has 1 aliphatic heterocycles. The van der Waals surface area contributed by atoms with Gasteiger partial charge in [0.2, 0.25) is 5.91 Å². The van der Waals surface area contributed by atoms with Gasteiger partial charge < -0.3 is 10.1 Å². The molecular formula is C16H23NO4S. The monoisotopic (exact) mass is 325 g/mol. The normalized spacial score (nSPS) is 19.8. The van der Waals surface area contributed by atoms with Crippen LogP contribution in [0.25, 0.3) is 0 Å². The topological polar surface area (TPSA) is 72.5 Å². The SMILES string of the molecule is CC[C@@H](C)C(=O)Nc1ccc(S(=O)(=O)C[C@@H]2CCCO2)cc1. The molecule has 0 saturated carbocycles. The van der Waals surface area contributed by atoms with E-state index in [0.29, 0.717) is 12.3 Å². The highest BCUT2D eigenvalue weighted by Gasteiger charge is 2.24. The van der Waals surface area contributed by atoms with Crippen molar-refractivity contribution in [1.82, 2.24) is 0 Å². The van der Waals surface area contributed by atoms with Gasteiger partial charge in [0.05, 0.1) is 16.8 Å². The largest absolute Gasteiger partial charge is 0.377 e. The van der Waals surface area contributed by atoms with Crippen LogP contribution in [0.5, 0.6) is 0 Å². The van der Waals surface area contributed by atoms with Crippen LogP contribution in [0.1, 0.15) is 33.1 Å². The Morgan fingerprint density at radius 2 is 2.05 bits per heavy atom. The number of hydrogen-bond acceptors (Lipinski definition) is 4. The summed E-state index contributed by atoms with van der Waals surface area (Å²) in [5, 5.41) is 2.79. The van der Waals surface area contributed by atoms with Gasteiger partial charge in [0.25, 0.3) is 0 Å². The molecule has 1 aromatic carbocycles. The molecule has 0 radical (unpaired) electrons. The molecule has 2 rings (SSSR count). The zero-order valence-corrected chi connectivity index (χ0v) is 13.9. The minimum atomic E-state index is -3.35. The van der Waals surface area contributed by atoms with Gasteiger partial charge in [-0.2, -0.15) is 0 Å². The second-order valence-electron chi connectivity index (χ2n) is 5.74. The van der Waals surface area contributed by atoms with Crippen molar-refractivity contribution >= 4 is 21.4 Å². The Hall–Kier alpha value is -1.40. The number of amides is 1. The third-order valence-electron chi connectivity index (χ3n) is 3.97. The summed E-state index contributed by atoms with van der Waals surface area (Å²) in [6.07, 6.45) is 2.28. The maximum atomic E-state index is 12.3. The van der Waals surface area contributed by atoms with Crippen molar-refractivity contribution < 1.29 is 17.9 Å². The van der Waals surface area contributed by atoms with E-state index in [0.717, 1.165) is 19.3 Å². The van der Waals surface area contributed by atoms with Crippen LogP contribution in [0, 0.1) is 5.92 Å². The molecule has 1 heterocycles. The van der Waals surface area contributed by atoms with Gasteiger partial charge in [0.15, 0.2) is 9.84 Å². The van der Waals surface area contributed by atoms with Gasteiger partial charge in [0, 0.05) is 18.2 Å². The first-order chi connectivity index (χ1) is 10.4. The molecule has 122 valence electrons. The lowest BCUT2D eigenvalue weighted by atomic mass is 10.1. The first-order valence-corrected chi connectivity index (χ1v) is 9.33. The number of ether oxygens (including phenoxy) is 1. The lowest BCUT2D eigenvalue weighted by Crippen LogP contribution is -2.21. The predicted molar refractivity (Wildman–Crippen MR) is 85.6 cm³/mol. The number of carbonyl (C=O) groups excluding carboxylic acids is 1. The highest BCUT2D eigenvalue weighted by Crippen LogP contribution is 2.21. The first kappa shape index (κ1) is 17.0. The number of rotatable bonds is 6. The highest BCUT2D eigenvalue weighted by atomic mass is 32.2. The van der Waals surface area contributed by atoms with Crippen LogP contribution >= 0.6 is 0 Å². The lowest BCUT2D eigenvalue weighted by molar-refractivity contribution is -0.119. The molecule has 22 heavy (non-hydrogen) atoms. The summed E-state index contributed by atoms with van der Waals surface area (Å²) in [4.78, 5) is 12.1. The molecule has 1 amide bonds. The van der Waals surface area contributed by atoms with E-state index in [9.17, 15) is 13.2 Å². The molecule has 5 nitrogen and oxygen atoms in total. The van der Waals surface area contributed by atoms with Crippen molar-refractivity contribution in [2.75, 3.05) is 17.7 Å². The van der Waals surface area contributed by atoms with Crippen LogP contribution in [-0.4, -0.2) is 32.8 Å². The van der Waals surface area contributed by atoms with Crippen LogP contribution in [0.15, 0.2) is 29.2 Å². The summed E-state index contributed by atoms with van der Waals surface area (Å²) >= 11 is 0. The summed E-state index contributed by atoms with van der Waals surface area (Å²) < 4.78 is 30.0. The minimum absolute atomic E-state index is 0.0194. The van der Waals surface area contributed by atoms with Gasteiger partial charge in [-0.3, -0.25) is 4.79 Å². The van der Waals surface area contributed by atoms with E-state index >= 15 is 0 Å². The predicted octanol–water partition coefficient (Wildman–Crippen LogP) is 2.62. The molecule has 0 aromatic heterocycles. The molecule has 0 bridgehead atoms. The molecule has 2 atom stereocenters. The zero-order valence-electron chi connectivity index (χ0n) is 13.0. The van der Waals surface area contributed by atoms with Crippen molar-refractivity contribution in [2.24, 2.45) is 5.92 Å². The van der Waals surface area contributed by atoms with Crippen molar-refractivity contribution in [3.63, 3.8) is 0 Å². The van der Waals surface area contributed by atoms with Crippen molar-refractivity contribution in [3.8, 4) is 0 Å². The number of nitrogens with one attached hydrogen (secondary N) is 1. The van der Waals surface area contributed by atoms with Crippen LogP contribution in [0.2, 0.25) is 0 Å². The standard InChI is InChI=1S/C16H23NO4S/c1-3-12(2)16(18)17-13-6-8-15(9-7-13)22(19,20)11-14-5-4-10-21-14/h6-9,12,14H,3-5,10-11H2,1-2H3,(H,17,18)/t12-,14+/m1/s1. The molecule has 0 spiro atoms. The Balaban J connectivity index is 2.03. The average Bonchev–Trinajstić information content (AvgIpc) is 2.99. The van der Waals surface area contributed by atoms with Gasteiger partial charge in [0.1, 0.15) is 0 Å². The molecular weight excluding hydrogens is 302 g/mol. The first-order valence-electron chi connectivity index (χ1n) is 7.67. The highest BCUT2D eigenvalue weighted by molar-refractivity contribution is 7.91. The van der Waals surface area contributed by atoms with Crippen molar-refractivity contribution in [3.05, 3.63) is 24.3 Å². The van der Waals surface area contributed by atoms with Gasteiger partial charge in [-0.15, -0.1) is 0 Å². The Morgan fingerprint density at radius 1 is 1.36 bits per heavy atom. The maximum Gasteiger partial charge on any atom is 0.227 e. The fourth-order valence-corrected chi connectivity index (χ4v) is 3.81. The van der Waals surface area contributed by atoms with Crippen molar-refractivity contribution in [1.29, 1.82) is 0 Å². The number of hydrogen-bond donors (Lipinski definition) is 1. The Kier molecular flexibility index (Phi) is 5.58. The molecule has 0 unspecified atom stereocenters. The van der Waals surface area contributed by atoms with Crippen LogP contribution in [0.3, 0.4) is 0 Å². The Morgan fingerprint density at radius 3 is 2.59 bits per heavy atom. The zero-order chi connectivity index (χ0) is 16.2. The average molecular weight is 325 g/mol. The molecule has 0 aliphatic carbocycles. The van der Waals surface area contributed by atoms with Crippen LogP contribution in [-0.2, 0) is 19.4 Å². The Labute approximate surface area is 132 Å². The third-order valence-corrected chi connectivity index (χ3v) is 5.77. The van der Waals surface area contributed by atoms with E-state index in [-0.39, 0.29) is 28.6 Å². The number of sulfone groups is 1. The van der Waals surface area contributed by atoms with Gasteiger partial charge in [-0.1, -0.05) is 13.8 Å². The summed E-state index contributed by atoms with van der Waals surface area (Å²) in [5.41, 5.74) is 0.612. The number of anilines is 1. The quantitative estimate of drug-likeness (QED) is 0.872. The summed E-state index contributed by atoms with van der Waals surface area (Å²) in [7, 11) is -3.35. The van der Waals surface area contributed by atoms with Crippen LogP contribution < -0.4 is 5.32 Å². The molecule has 1 N–H and O–H groups in total. The summed E-state index contributed by atoms with van der Waals surface area (Å²) in [6.45, 7) is 4.45. The van der Waals surface area contributed by atoms with E-state index in [1.807, 2.05) is 13.8 Å². The van der Waals surface area contributed by atoms with Gasteiger partial charge in [-0.05, 0) is 43.5 Å². The minimum Gasteiger partial charge on any atom is -0.377 e. The van der Waals surface area contributed by atoms with E-state index in [1.54, 1.807) is 12.1 Å². The van der Waals surface area contributed by atoms with Crippen LogP contribution in [0.4, 0.5) is 5.69 Å². The van der Waals surface area contributed by atoms with Crippen molar-refractivity contribution in [2.45, 2.75) is 44.1 Å². The fourth-order valence-electron chi connectivity index (χ4n) is 2.31. The molecule has 1 aromatic rings. The third kappa shape index (κ3) is 4.30. The number of carbonyl (C=O) groups is 1. The van der Waals surface area contributed by atoms with E-state index in [1.165, 1.54) is 12.1 Å². The second kappa shape index (κ2) is 7.24. The maximum absolute atomic E-state index is 12.3. The van der Waals surface area contributed by atoms with E-state index in [2.05, 4.69) is 5.32 Å². The fraction of sp³-hybridized carbons (Fsp3) is 0.562. The lowest BCUT2D eigenvalue weighted by Gasteiger charge is -2.12. The molecule has 1 fully saturated rings. The molecule has 1 aliphatic rings. The second-order valence-corrected chi connectivity index (χ2v) is 7.77. The van der Waals surface area contributed by atoms with Gasteiger partial charge in [-0.25, -0.2) is 8.42 Å². The van der Waals surface area contributed by atoms with E-state index < -0.39 is 9.84 Å². The molecule has 1 saturated heterocycles. The van der Waals surface area contributed by atoms with Gasteiger partial charge >= 0.3 is 0 Å².